The van der Waals surface area contributed by atoms with E-state index in [0.29, 0.717) is 11.3 Å². The van der Waals surface area contributed by atoms with Crippen LogP contribution in [-0.4, -0.2) is 35.0 Å². The Balaban J connectivity index is 0.00000240. The summed E-state index contributed by atoms with van der Waals surface area (Å²) in [5.74, 6) is 1.46. The molecular weight excluding hydrogens is 390 g/mol. The highest BCUT2D eigenvalue weighted by molar-refractivity contribution is 6.01. The molecule has 1 aliphatic rings. The zero-order valence-corrected chi connectivity index (χ0v) is 16.5. The Kier molecular flexibility index (Phi) is 6.64. The van der Waals surface area contributed by atoms with E-state index in [-0.39, 0.29) is 35.9 Å². The van der Waals surface area contributed by atoms with E-state index in [2.05, 4.69) is 20.6 Å². The van der Waals surface area contributed by atoms with E-state index in [1.807, 2.05) is 54.6 Å². The number of nitrogen functional groups attached to an aromatic ring is 1. The first-order valence-corrected chi connectivity index (χ1v) is 9.16. The van der Waals surface area contributed by atoms with Crippen LogP contribution in [0.25, 0.3) is 11.1 Å². The lowest BCUT2D eigenvalue weighted by Gasteiger charge is -2.14. The summed E-state index contributed by atoms with van der Waals surface area (Å²) in [7, 11) is 0. The van der Waals surface area contributed by atoms with E-state index >= 15 is 0 Å². The van der Waals surface area contributed by atoms with Crippen molar-refractivity contribution >= 4 is 24.1 Å². The van der Waals surface area contributed by atoms with Gasteiger partial charge in [0, 0.05) is 12.6 Å². The van der Waals surface area contributed by atoms with Crippen molar-refractivity contribution in [2.75, 3.05) is 18.8 Å². The highest BCUT2D eigenvalue weighted by Gasteiger charge is 2.22. The molecule has 1 fully saturated rings. The van der Waals surface area contributed by atoms with Gasteiger partial charge in [-0.3, -0.25) is 4.79 Å². The highest BCUT2D eigenvalue weighted by atomic mass is 35.5. The van der Waals surface area contributed by atoms with Crippen molar-refractivity contribution in [3.05, 3.63) is 66.6 Å². The summed E-state index contributed by atoms with van der Waals surface area (Å²) < 4.78 is 5.82. The second kappa shape index (κ2) is 9.36. The third kappa shape index (κ3) is 4.82. The van der Waals surface area contributed by atoms with Gasteiger partial charge in [-0.1, -0.05) is 30.3 Å². The highest BCUT2D eigenvalue weighted by Crippen LogP contribution is 2.30. The number of rotatable bonds is 5. The molecule has 150 valence electrons. The first-order chi connectivity index (χ1) is 13.7. The van der Waals surface area contributed by atoms with Gasteiger partial charge in [0.15, 0.2) is 0 Å². The number of nitrogens with zero attached hydrogens (tertiary/aromatic N) is 2. The average Bonchev–Trinajstić information content (AvgIpc) is 3.22. The smallest absolute Gasteiger partial charge is 0.270 e. The largest absolute Gasteiger partial charge is 0.457 e. The Labute approximate surface area is 175 Å². The molecule has 1 saturated heterocycles. The fourth-order valence-corrected chi connectivity index (χ4v) is 3.20. The number of carbonyl (C=O) groups is 1. The molecule has 3 aromatic rings. The molecule has 29 heavy (non-hydrogen) atoms. The third-order valence-electron chi connectivity index (χ3n) is 4.61. The number of hydrogen-bond acceptors (Lipinski definition) is 6. The zero-order valence-electron chi connectivity index (χ0n) is 15.7. The molecule has 1 atom stereocenters. The SMILES string of the molecule is Cl.Nc1ncnc(C(=O)NC2CCNC2)c1-c1ccc(Oc2ccccc2)cc1. The molecule has 0 spiro atoms. The normalized spacial score (nSPS) is 15.4. The van der Waals surface area contributed by atoms with Crippen LogP contribution in [0.3, 0.4) is 0 Å². The standard InChI is InChI=1S/C21H21N5O2.ClH/c22-20-18(19(24-13-25-20)21(27)26-15-10-11-23-12-15)14-6-8-17(9-7-14)28-16-4-2-1-3-5-16;/h1-9,13,15,23H,10-12H2,(H,26,27)(H2,22,24,25);1H. The summed E-state index contributed by atoms with van der Waals surface area (Å²) in [6.07, 6.45) is 2.21. The van der Waals surface area contributed by atoms with E-state index in [4.69, 9.17) is 10.5 Å². The van der Waals surface area contributed by atoms with Crippen molar-refractivity contribution in [2.45, 2.75) is 12.5 Å². The number of nitrogens with one attached hydrogen (secondary N) is 2. The topological polar surface area (TPSA) is 102 Å². The number of halogens is 1. The van der Waals surface area contributed by atoms with Gasteiger partial charge in [-0.25, -0.2) is 9.97 Å². The Hall–Kier alpha value is -3.16. The quantitative estimate of drug-likeness (QED) is 0.596. The molecule has 4 rings (SSSR count). The minimum atomic E-state index is -0.248. The number of para-hydroxylation sites is 1. The zero-order chi connectivity index (χ0) is 19.3. The maximum atomic E-state index is 12.7. The molecule has 2 aromatic carbocycles. The number of anilines is 1. The number of carbonyl (C=O) groups excluding carboxylic acids is 1. The van der Waals surface area contributed by atoms with Gasteiger partial charge in [0.05, 0.1) is 5.56 Å². The first-order valence-electron chi connectivity index (χ1n) is 9.16. The van der Waals surface area contributed by atoms with Gasteiger partial charge in [0.1, 0.15) is 29.3 Å². The lowest BCUT2D eigenvalue weighted by Crippen LogP contribution is -2.37. The molecule has 4 N–H and O–H groups in total. The molecule has 1 aliphatic heterocycles. The van der Waals surface area contributed by atoms with Gasteiger partial charge in [-0.05, 0) is 42.8 Å². The minimum Gasteiger partial charge on any atom is -0.457 e. The van der Waals surface area contributed by atoms with Crippen molar-refractivity contribution in [3.63, 3.8) is 0 Å². The summed E-state index contributed by atoms with van der Waals surface area (Å²) in [6, 6.07) is 17.0. The fraction of sp³-hybridized carbons (Fsp3) is 0.190. The van der Waals surface area contributed by atoms with Gasteiger partial charge < -0.3 is 21.1 Å². The Bertz CT molecular complexity index is 961. The van der Waals surface area contributed by atoms with Crippen LogP contribution < -0.4 is 21.1 Å². The predicted molar refractivity (Wildman–Crippen MR) is 114 cm³/mol. The Morgan fingerprint density at radius 3 is 2.48 bits per heavy atom. The Morgan fingerprint density at radius 2 is 1.79 bits per heavy atom. The second-order valence-electron chi connectivity index (χ2n) is 6.59. The number of aromatic nitrogens is 2. The summed E-state index contributed by atoms with van der Waals surface area (Å²) >= 11 is 0. The summed E-state index contributed by atoms with van der Waals surface area (Å²) in [5.41, 5.74) is 7.64. The molecule has 0 radical (unpaired) electrons. The fourth-order valence-electron chi connectivity index (χ4n) is 3.20. The molecule has 1 amide bonds. The summed E-state index contributed by atoms with van der Waals surface area (Å²) in [5, 5.41) is 6.23. The second-order valence-corrected chi connectivity index (χ2v) is 6.59. The van der Waals surface area contributed by atoms with Crippen molar-refractivity contribution in [1.82, 2.24) is 20.6 Å². The van der Waals surface area contributed by atoms with E-state index in [0.717, 1.165) is 30.8 Å². The van der Waals surface area contributed by atoms with Gasteiger partial charge in [0.25, 0.3) is 5.91 Å². The molecular formula is C21H22ClN5O2. The third-order valence-corrected chi connectivity index (χ3v) is 4.61. The average molecular weight is 412 g/mol. The van der Waals surface area contributed by atoms with Crippen LogP contribution in [-0.2, 0) is 0 Å². The van der Waals surface area contributed by atoms with E-state index in [1.54, 1.807) is 0 Å². The minimum absolute atomic E-state index is 0. The molecule has 8 heteroatoms. The van der Waals surface area contributed by atoms with Gasteiger partial charge in [-0.2, -0.15) is 0 Å². The molecule has 0 bridgehead atoms. The predicted octanol–water partition coefficient (Wildman–Crippen LogP) is 3.03. The van der Waals surface area contributed by atoms with Crippen molar-refractivity contribution in [3.8, 4) is 22.6 Å². The van der Waals surface area contributed by atoms with Gasteiger partial charge >= 0.3 is 0 Å². The van der Waals surface area contributed by atoms with Crippen LogP contribution in [0.4, 0.5) is 5.82 Å². The number of hydrogen-bond donors (Lipinski definition) is 3. The van der Waals surface area contributed by atoms with Crippen LogP contribution in [0.15, 0.2) is 60.9 Å². The number of ether oxygens (including phenoxy) is 1. The first kappa shape index (κ1) is 20.6. The van der Waals surface area contributed by atoms with Crippen LogP contribution >= 0.6 is 12.4 Å². The van der Waals surface area contributed by atoms with Crippen LogP contribution in [0.5, 0.6) is 11.5 Å². The number of nitrogens with two attached hydrogens (primary N) is 1. The summed E-state index contributed by atoms with van der Waals surface area (Å²) in [4.78, 5) is 21.0. The maximum absolute atomic E-state index is 12.7. The lowest BCUT2D eigenvalue weighted by molar-refractivity contribution is 0.0935. The molecule has 7 nitrogen and oxygen atoms in total. The lowest BCUT2D eigenvalue weighted by atomic mass is 10.0. The van der Waals surface area contributed by atoms with Crippen LogP contribution in [0.2, 0.25) is 0 Å². The van der Waals surface area contributed by atoms with Crippen LogP contribution in [0, 0.1) is 0 Å². The number of amides is 1. The van der Waals surface area contributed by atoms with E-state index in [9.17, 15) is 4.79 Å². The molecule has 1 aromatic heterocycles. The molecule has 0 saturated carbocycles. The maximum Gasteiger partial charge on any atom is 0.270 e. The van der Waals surface area contributed by atoms with Crippen molar-refractivity contribution in [2.24, 2.45) is 0 Å². The monoisotopic (exact) mass is 411 g/mol. The van der Waals surface area contributed by atoms with E-state index < -0.39 is 0 Å². The molecule has 2 heterocycles. The van der Waals surface area contributed by atoms with Crippen LogP contribution in [0.1, 0.15) is 16.9 Å². The summed E-state index contributed by atoms with van der Waals surface area (Å²) in [6.45, 7) is 1.65. The Morgan fingerprint density at radius 1 is 1.07 bits per heavy atom. The van der Waals surface area contributed by atoms with Gasteiger partial charge in [-0.15, -0.1) is 12.4 Å². The van der Waals surface area contributed by atoms with Crippen molar-refractivity contribution < 1.29 is 9.53 Å². The number of benzene rings is 2. The van der Waals surface area contributed by atoms with Gasteiger partial charge in [0.2, 0.25) is 0 Å². The molecule has 1 unspecified atom stereocenters. The van der Waals surface area contributed by atoms with Crippen molar-refractivity contribution in [1.29, 1.82) is 0 Å². The van der Waals surface area contributed by atoms with E-state index in [1.165, 1.54) is 6.33 Å². The molecule has 0 aliphatic carbocycles.